The summed E-state index contributed by atoms with van der Waals surface area (Å²) < 4.78 is 17.2. The lowest BCUT2D eigenvalue weighted by atomic mass is 10.0. The number of hydrogen-bond donors (Lipinski definition) is 0. The van der Waals surface area contributed by atoms with E-state index < -0.39 is 18.1 Å². The highest BCUT2D eigenvalue weighted by atomic mass is 16.6. The zero-order valence-corrected chi connectivity index (χ0v) is 40.1. The quantitative estimate of drug-likeness (QED) is 0.0260. The molecule has 0 aliphatic rings. The van der Waals surface area contributed by atoms with Crippen LogP contribution in [0.3, 0.4) is 0 Å². The molecule has 0 radical (unpaired) electrons. The first-order valence-electron chi connectivity index (χ1n) is 25.4. The summed E-state index contributed by atoms with van der Waals surface area (Å²) in [5.41, 5.74) is 0. The van der Waals surface area contributed by atoms with Gasteiger partial charge in [-0.3, -0.25) is 9.59 Å². The first-order valence-corrected chi connectivity index (χ1v) is 25.4. The minimum Gasteiger partial charge on any atom is -0.544 e. The SMILES string of the molecule is CCCCCCCCC/C=C/CCCCCC(=O)OCC(COCCC(C(=O)[O-])[N+](C)(C)C)OC(=O)CCCCCCCCC/C=C/CCCCCCCCCCCCC. The van der Waals surface area contributed by atoms with Gasteiger partial charge in [0.15, 0.2) is 6.10 Å². The number of carboxylic acid groups (broad SMARTS) is 1. The van der Waals surface area contributed by atoms with Crippen LogP contribution in [0, 0.1) is 0 Å². The number of nitrogens with zero attached hydrogens (tertiary/aromatic N) is 1. The predicted molar refractivity (Wildman–Crippen MR) is 250 cm³/mol. The zero-order valence-electron chi connectivity index (χ0n) is 40.1. The number of unbranched alkanes of at least 4 members (excludes halogenated alkanes) is 28. The lowest BCUT2D eigenvalue weighted by molar-refractivity contribution is -0.889. The number of aliphatic carboxylic acids is 1. The molecule has 0 aromatic heterocycles. The van der Waals surface area contributed by atoms with Crippen molar-refractivity contribution in [1.82, 2.24) is 0 Å². The van der Waals surface area contributed by atoms with Crippen LogP contribution in [0.4, 0.5) is 0 Å². The Morgan fingerprint density at radius 3 is 1.22 bits per heavy atom. The molecular formula is C52H97NO7. The molecule has 8 nitrogen and oxygen atoms in total. The number of carbonyl (C=O) groups excluding carboxylic acids is 3. The third kappa shape index (κ3) is 41.2. The molecule has 2 atom stereocenters. The van der Waals surface area contributed by atoms with Gasteiger partial charge in [-0.05, 0) is 64.2 Å². The normalized spacial score (nSPS) is 13.0. The summed E-state index contributed by atoms with van der Waals surface area (Å²) in [5, 5.41) is 11.6. The van der Waals surface area contributed by atoms with E-state index in [0.29, 0.717) is 12.8 Å². The third-order valence-corrected chi connectivity index (χ3v) is 11.6. The van der Waals surface area contributed by atoms with Crippen molar-refractivity contribution in [3.8, 4) is 0 Å². The molecule has 0 heterocycles. The molecule has 0 aliphatic carbocycles. The molecular weight excluding hydrogens is 751 g/mol. The molecule has 0 amide bonds. The number of carbonyl (C=O) groups is 3. The second-order valence-corrected chi connectivity index (χ2v) is 18.4. The Morgan fingerprint density at radius 1 is 0.483 bits per heavy atom. The molecule has 0 aliphatic heterocycles. The number of carboxylic acids is 1. The maximum Gasteiger partial charge on any atom is 0.306 e. The van der Waals surface area contributed by atoms with Crippen molar-refractivity contribution < 1.29 is 38.2 Å². The van der Waals surface area contributed by atoms with Gasteiger partial charge in [0.25, 0.3) is 0 Å². The van der Waals surface area contributed by atoms with Crippen LogP contribution in [0.25, 0.3) is 0 Å². The van der Waals surface area contributed by atoms with Crippen molar-refractivity contribution in [2.24, 2.45) is 0 Å². The number of esters is 2. The fraction of sp³-hybridized carbons (Fsp3) is 0.865. The minimum absolute atomic E-state index is 0.0374. The maximum absolute atomic E-state index is 12.8. The lowest BCUT2D eigenvalue weighted by Gasteiger charge is -2.34. The van der Waals surface area contributed by atoms with Gasteiger partial charge in [-0.2, -0.15) is 0 Å². The van der Waals surface area contributed by atoms with E-state index in [1.165, 1.54) is 154 Å². The Kier molecular flexibility index (Phi) is 41.9. The lowest BCUT2D eigenvalue weighted by Crippen LogP contribution is -2.55. The predicted octanol–water partition coefficient (Wildman–Crippen LogP) is 13.1. The van der Waals surface area contributed by atoms with Crippen LogP contribution in [-0.4, -0.2) is 75.5 Å². The largest absolute Gasteiger partial charge is 0.544 e. The van der Waals surface area contributed by atoms with Crippen molar-refractivity contribution >= 4 is 17.9 Å². The molecule has 0 saturated heterocycles. The van der Waals surface area contributed by atoms with Crippen LogP contribution in [-0.2, 0) is 28.6 Å². The van der Waals surface area contributed by atoms with Gasteiger partial charge in [0.2, 0.25) is 0 Å². The van der Waals surface area contributed by atoms with Crippen molar-refractivity contribution in [2.75, 3.05) is 41.0 Å². The van der Waals surface area contributed by atoms with E-state index in [-0.39, 0.29) is 42.7 Å². The molecule has 60 heavy (non-hydrogen) atoms. The standard InChI is InChI=1S/C52H97NO7/c1-6-8-10-12-14-16-18-20-22-23-24-25-26-27-28-29-31-33-35-37-39-41-43-51(55)60-48(46-58-45-44-49(52(56)57)53(3,4)5)47-59-50(54)42-40-38-36-34-32-30-21-19-17-15-13-11-9-7-2/h26-27,30,32,48-49H,6-25,28-29,31,33-47H2,1-5H3/b27-26+,32-30+. The van der Waals surface area contributed by atoms with Crippen molar-refractivity contribution in [3.63, 3.8) is 0 Å². The Morgan fingerprint density at radius 2 is 0.833 bits per heavy atom. The third-order valence-electron chi connectivity index (χ3n) is 11.6. The molecule has 0 N–H and O–H groups in total. The molecule has 0 saturated carbocycles. The second-order valence-electron chi connectivity index (χ2n) is 18.4. The molecule has 0 bridgehead atoms. The number of rotatable bonds is 46. The van der Waals surface area contributed by atoms with Crippen LogP contribution < -0.4 is 5.11 Å². The number of hydrogen-bond acceptors (Lipinski definition) is 7. The van der Waals surface area contributed by atoms with Crippen molar-refractivity contribution in [2.45, 2.75) is 251 Å². The van der Waals surface area contributed by atoms with Gasteiger partial charge in [0.1, 0.15) is 12.6 Å². The Labute approximate surface area is 371 Å². The average molecular weight is 848 g/mol. The fourth-order valence-electron chi connectivity index (χ4n) is 7.59. The van der Waals surface area contributed by atoms with E-state index in [0.717, 1.165) is 51.4 Å². The molecule has 0 aromatic carbocycles. The number of allylic oxidation sites excluding steroid dienone is 4. The van der Waals surface area contributed by atoms with Gasteiger partial charge >= 0.3 is 11.9 Å². The Balaban J connectivity index is 4.23. The highest BCUT2D eigenvalue weighted by Crippen LogP contribution is 2.15. The van der Waals surface area contributed by atoms with Gasteiger partial charge in [-0.25, -0.2) is 0 Å². The zero-order chi connectivity index (χ0) is 44.2. The van der Waals surface area contributed by atoms with Gasteiger partial charge in [0.05, 0.1) is 40.3 Å². The topological polar surface area (TPSA) is 102 Å². The Hall–Kier alpha value is -2.19. The molecule has 8 heteroatoms. The summed E-state index contributed by atoms with van der Waals surface area (Å²) in [6.07, 6.45) is 49.2. The summed E-state index contributed by atoms with van der Waals surface area (Å²) in [4.78, 5) is 37.0. The van der Waals surface area contributed by atoms with Crippen LogP contribution >= 0.6 is 0 Å². The smallest absolute Gasteiger partial charge is 0.306 e. The summed E-state index contributed by atoms with van der Waals surface area (Å²) in [7, 11) is 5.41. The molecule has 0 fully saturated rings. The van der Waals surface area contributed by atoms with Crippen LogP contribution in [0.2, 0.25) is 0 Å². The first kappa shape index (κ1) is 57.8. The van der Waals surface area contributed by atoms with Gasteiger partial charge in [-0.1, -0.05) is 179 Å². The van der Waals surface area contributed by atoms with E-state index in [1.807, 2.05) is 0 Å². The van der Waals surface area contributed by atoms with Crippen LogP contribution in [0.5, 0.6) is 0 Å². The number of likely N-dealkylation sites (N-methyl/N-ethyl adjacent to an activating group) is 1. The van der Waals surface area contributed by atoms with E-state index in [2.05, 4.69) is 38.2 Å². The summed E-state index contributed by atoms with van der Waals surface area (Å²) in [6, 6.07) is -0.727. The van der Waals surface area contributed by atoms with Gasteiger partial charge in [-0.15, -0.1) is 0 Å². The summed E-state index contributed by atoms with van der Waals surface area (Å²) in [6.45, 7) is 4.67. The van der Waals surface area contributed by atoms with Crippen molar-refractivity contribution in [3.05, 3.63) is 24.3 Å². The first-order chi connectivity index (χ1) is 29.1. The minimum atomic E-state index is -1.13. The summed E-state index contributed by atoms with van der Waals surface area (Å²) >= 11 is 0. The monoisotopic (exact) mass is 848 g/mol. The van der Waals surface area contributed by atoms with E-state index in [9.17, 15) is 19.5 Å². The summed E-state index contributed by atoms with van der Waals surface area (Å²) in [5.74, 6) is -1.75. The maximum atomic E-state index is 12.8. The fourth-order valence-corrected chi connectivity index (χ4v) is 7.59. The van der Waals surface area contributed by atoms with Gasteiger partial charge < -0.3 is 28.6 Å². The average Bonchev–Trinajstić information content (AvgIpc) is 3.21. The van der Waals surface area contributed by atoms with E-state index in [4.69, 9.17) is 14.2 Å². The van der Waals surface area contributed by atoms with Gasteiger partial charge in [0, 0.05) is 19.3 Å². The van der Waals surface area contributed by atoms with E-state index in [1.54, 1.807) is 21.1 Å². The molecule has 2 unspecified atom stereocenters. The molecule has 0 spiro atoms. The Bertz CT molecular complexity index is 1040. The highest BCUT2D eigenvalue weighted by molar-refractivity contribution is 5.70. The molecule has 352 valence electrons. The van der Waals surface area contributed by atoms with Crippen LogP contribution in [0.15, 0.2) is 24.3 Å². The molecule has 0 aromatic rings. The van der Waals surface area contributed by atoms with Crippen molar-refractivity contribution in [1.29, 1.82) is 0 Å². The highest BCUT2D eigenvalue weighted by Gasteiger charge is 2.25. The van der Waals surface area contributed by atoms with Crippen LogP contribution in [0.1, 0.15) is 239 Å². The molecule has 0 rings (SSSR count). The van der Waals surface area contributed by atoms with E-state index >= 15 is 0 Å². The second kappa shape index (κ2) is 43.5. The number of quaternary nitrogens is 1. The number of ether oxygens (including phenoxy) is 3.